The zero-order valence-corrected chi connectivity index (χ0v) is 8.45. The van der Waals surface area contributed by atoms with Gasteiger partial charge in [-0.3, -0.25) is 4.79 Å². The third kappa shape index (κ3) is 3.45. The maximum absolute atomic E-state index is 10.7. The van der Waals surface area contributed by atoms with Crippen LogP contribution in [0.25, 0.3) is 0 Å². The molecule has 2 unspecified atom stereocenters. The van der Waals surface area contributed by atoms with Crippen molar-refractivity contribution in [2.24, 2.45) is 17.8 Å². The van der Waals surface area contributed by atoms with Gasteiger partial charge in [0, 0.05) is 0 Å². The molecule has 0 aromatic carbocycles. The van der Waals surface area contributed by atoms with Gasteiger partial charge in [0.05, 0.1) is 6.07 Å². The van der Waals surface area contributed by atoms with Crippen LogP contribution in [-0.4, -0.2) is 11.1 Å². The normalized spacial score (nSPS) is 15.0. The van der Waals surface area contributed by atoms with E-state index in [0.717, 1.165) is 12.8 Å². The average molecular weight is 183 g/mol. The first kappa shape index (κ1) is 12.0. The summed E-state index contributed by atoms with van der Waals surface area (Å²) in [5.41, 5.74) is 0. The maximum Gasteiger partial charge on any atom is 0.321 e. The van der Waals surface area contributed by atoms with Crippen molar-refractivity contribution in [1.82, 2.24) is 0 Å². The van der Waals surface area contributed by atoms with E-state index < -0.39 is 11.9 Å². The topological polar surface area (TPSA) is 61.1 Å². The summed E-state index contributed by atoms with van der Waals surface area (Å²) >= 11 is 0. The summed E-state index contributed by atoms with van der Waals surface area (Å²) < 4.78 is 0. The lowest BCUT2D eigenvalue weighted by atomic mass is 9.81. The average Bonchev–Trinajstić information content (AvgIpc) is 2.03. The number of aliphatic carboxylic acids is 1. The molecule has 3 heteroatoms. The summed E-state index contributed by atoms with van der Waals surface area (Å²) in [6.45, 7) is 5.94. The number of hydrogen-bond acceptors (Lipinski definition) is 2. The molecule has 0 spiro atoms. The third-order valence-electron chi connectivity index (χ3n) is 2.31. The first-order valence-corrected chi connectivity index (χ1v) is 4.67. The van der Waals surface area contributed by atoms with Crippen LogP contribution in [0.15, 0.2) is 0 Å². The molecule has 74 valence electrons. The van der Waals surface area contributed by atoms with Crippen molar-refractivity contribution in [3.63, 3.8) is 0 Å². The molecule has 1 N–H and O–H groups in total. The SMILES string of the molecule is CCCC(C(C)C)C(C#N)C(=O)O. The molecule has 0 heterocycles. The van der Waals surface area contributed by atoms with Crippen LogP contribution in [-0.2, 0) is 4.79 Å². The second kappa shape index (κ2) is 5.58. The van der Waals surface area contributed by atoms with Gasteiger partial charge in [-0.2, -0.15) is 5.26 Å². The molecule has 0 aliphatic rings. The summed E-state index contributed by atoms with van der Waals surface area (Å²) in [6.07, 6.45) is 1.73. The fraction of sp³-hybridized carbons (Fsp3) is 0.800. The Bertz CT molecular complexity index is 205. The van der Waals surface area contributed by atoms with Crippen molar-refractivity contribution in [3.8, 4) is 6.07 Å². The van der Waals surface area contributed by atoms with E-state index in [9.17, 15) is 4.79 Å². The molecule has 0 aliphatic carbocycles. The number of nitriles is 1. The Hall–Kier alpha value is -1.04. The molecule has 0 amide bonds. The lowest BCUT2D eigenvalue weighted by Gasteiger charge is -2.21. The van der Waals surface area contributed by atoms with E-state index in [1.807, 2.05) is 26.8 Å². The highest BCUT2D eigenvalue weighted by Crippen LogP contribution is 2.25. The second-order valence-corrected chi connectivity index (χ2v) is 3.64. The van der Waals surface area contributed by atoms with Gasteiger partial charge >= 0.3 is 5.97 Å². The number of nitrogens with zero attached hydrogens (tertiary/aromatic N) is 1. The fourth-order valence-corrected chi connectivity index (χ4v) is 1.55. The standard InChI is InChI=1S/C10H17NO2/c1-4-5-8(7(2)3)9(6-11)10(12)13/h7-9H,4-5H2,1-3H3,(H,12,13). The maximum atomic E-state index is 10.7. The molecular formula is C10H17NO2. The molecular weight excluding hydrogens is 166 g/mol. The fourth-order valence-electron chi connectivity index (χ4n) is 1.55. The predicted octanol–water partition coefficient (Wildman–Crippen LogP) is 2.28. The van der Waals surface area contributed by atoms with Crippen molar-refractivity contribution < 1.29 is 9.90 Å². The number of rotatable bonds is 5. The highest BCUT2D eigenvalue weighted by atomic mass is 16.4. The van der Waals surface area contributed by atoms with Crippen LogP contribution in [0.4, 0.5) is 0 Å². The predicted molar refractivity (Wildman–Crippen MR) is 50.0 cm³/mol. The Morgan fingerprint density at radius 2 is 2.08 bits per heavy atom. The molecule has 0 bridgehead atoms. The third-order valence-corrected chi connectivity index (χ3v) is 2.31. The Balaban J connectivity index is 4.51. The highest BCUT2D eigenvalue weighted by molar-refractivity contribution is 5.73. The molecule has 0 saturated heterocycles. The summed E-state index contributed by atoms with van der Waals surface area (Å²) in [4.78, 5) is 10.7. The number of carboxylic acids is 1. The molecule has 0 rings (SSSR count). The minimum Gasteiger partial charge on any atom is -0.480 e. The molecule has 3 nitrogen and oxygen atoms in total. The van der Waals surface area contributed by atoms with Crippen molar-refractivity contribution in [2.75, 3.05) is 0 Å². The lowest BCUT2D eigenvalue weighted by Crippen LogP contribution is -2.26. The van der Waals surface area contributed by atoms with Crippen LogP contribution < -0.4 is 0 Å². The minimum atomic E-state index is -0.991. The van der Waals surface area contributed by atoms with E-state index in [4.69, 9.17) is 10.4 Å². The van der Waals surface area contributed by atoms with Gasteiger partial charge in [-0.1, -0.05) is 27.2 Å². The van der Waals surface area contributed by atoms with Crippen LogP contribution in [0, 0.1) is 29.1 Å². The Morgan fingerprint density at radius 3 is 2.31 bits per heavy atom. The van der Waals surface area contributed by atoms with Gasteiger partial charge in [0.1, 0.15) is 5.92 Å². The first-order chi connectivity index (χ1) is 6.04. The zero-order chi connectivity index (χ0) is 10.4. The van der Waals surface area contributed by atoms with E-state index in [0.29, 0.717) is 0 Å². The van der Waals surface area contributed by atoms with Gasteiger partial charge in [0.2, 0.25) is 0 Å². The van der Waals surface area contributed by atoms with E-state index >= 15 is 0 Å². The van der Waals surface area contributed by atoms with Crippen LogP contribution in [0.5, 0.6) is 0 Å². The molecule has 0 saturated carbocycles. The first-order valence-electron chi connectivity index (χ1n) is 4.67. The van der Waals surface area contributed by atoms with Crippen LogP contribution >= 0.6 is 0 Å². The van der Waals surface area contributed by atoms with Crippen molar-refractivity contribution >= 4 is 5.97 Å². The molecule has 0 aliphatic heterocycles. The number of hydrogen-bond donors (Lipinski definition) is 1. The largest absolute Gasteiger partial charge is 0.480 e. The monoisotopic (exact) mass is 183 g/mol. The second-order valence-electron chi connectivity index (χ2n) is 3.64. The number of carboxylic acid groups (broad SMARTS) is 1. The summed E-state index contributed by atoms with van der Waals surface area (Å²) in [5, 5.41) is 17.5. The van der Waals surface area contributed by atoms with E-state index in [-0.39, 0.29) is 11.8 Å². The molecule has 0 fully saturated rings. The minimum absolute atomic E-state index is 0.0208. The van der Waals surface area contributed by atoms with Crippen molar-refractivity contribution in [2.45, 2.75) is 33.6 Å². The zero-order valence-electron chi connectivity index (χ0n) is 8.45. The highest BCUT2D eigenvalue weighted by Gasteiger charge is 2.29. The molecule has 0 aromatic rings. The van der Waals surface area contributed by atoms with Crippen LogP contribution in [0.2, 0.25) is 0 Å². The van der Waals surface area contributed by atoms with Gasteiger partial charge in [0.25, 0.3) is 0 Å². The molecule has 13 heavy (non-hydrogen) atoms. The van der Waals surface area contributed by atoms with E-state index in [1.165, 1.54) is 0 Å². The van der Waals surface area contributed by atoms with Gasteiger partial charge in [-0.25, -0.2) is 0 Å². The van der Waals surface area contributed by atoms with Gasteiger partial charge in [-0.15, -0.1) is 0 Å². The summed E-state index contributed by atoms with van der Waals surface area (Å²) in [5.74, 6) is -1.61. The summed E-state index contributed by atoms with van der Waals surface area (Å²) in [7, 11) is 0. The van der Waals surface area contributed by atoms with Crippen molar-refractivity contribution in [3.05, 3.63) is 0 Å². The number of carbonyl (C=O) groups is 1. The van der Waals surface area contributed by atoms with E-state index in [1.54, 1.807) is 0 Å². The molecule has 0 aromatic heterocycles. The smallest absolute Gasteiger partial charge is 0.321 e. The summed E-state index contributed by atoms with van der Waals surface area (Å²) in [6, 6.07) is 1.87. The Labute approximate surface area is 79.4 Å². The van der Waals surface area contributed by atoms with Crippen LogP contribution in [0.1, 0.15) is 33.6 Å². The molecule has 2 atom stereocenters. The van der Waals surface area contributed by atoms with Crippen LogP contribution in [0.3, 0.4) is 0 Å². The molecule has 0 radical (unpaired) electrons. The van der Waals surface area contributed by atoms with Gasteiger partial charge < -0.3 is 5.11 Å². The van der Waals surface area contributed by atoms with Gasteiger partial charge in [0.15, 0.2) is 0 Å². The Kier molecular flexibility index (Phi) is 5.13. The van der Waals surface area contributed by atoms with E-state index in [2.05, 4.69) is 0 Å². The lowest BCUT2D eigenvalue weighted by molar-refractivity contribution is -0.142. The Morgan fingerprint density at radius 1 is 1.54 bits per heavy atom. The van der Waals surface area contributed by atoms with Crippen molar-refractivity contribution in [1.29, 1.82) is 5.26 Å². The quantitative estimate of drug-likeness (QED) is 0.711. The van der Waals surface area contributed by atoms with Gasteiger partial charge in [-0.05, 0) is 18.3 Å².